The largest absolute Gasteiger partial charge is 0.495 e. The summed E-state index contributed by atoms with van der Waals surface area (Å²) in [5, 5.41) is 3.33. The number of carbonyl (C=O) groups is 1. The van der Waals surface area contributed by atoms with Gasteiger partial charge in [0.05, 0.1) is 12.8 Å². The highest BCUT2D eigenvalue weighted by Gasteiger charge is 2.27. The molecule has 9 heteroatoms. The van der Waals surface area contributed by atoms with E-state index >= 15 is 0 Å². The number of nitrogens with zero attached hydrogens (tertiary/aromatic N) is 2. The number of benzene rings is 2. The van der Waals surface area contributed by atoms with Gasteiger partial charge in [0.2, 0.25) is 10.0 Å². The molecule has 1 N–H and O–H groups in total. The molecule has 0 bridgehead atoms. The van der Waals surface area contributed by atoms with E-state index in [0.29, 0.717) is 5.13 Å². The van der Waals surface area contributed by atoms with Gasteiger partial charge in [0.1, 0.15) is 10.6 Å². The second-order valence-electron chi connectivity index (χ2n) is 7.31. The van der Waals surface area contributed by atoms with E-state index in [9.17, 15) is 13.2 Å². The lowest BCUT2D eigenvalue weighted by Gasteiger charge is -2.19. The van der Waals surface area contributed by atoms with Gasteiger partial charge in [-0.25, -0.2) is 13.4 Å². The third-order valence-electron chi connectivity index (χ3n) is 5.18. The molecule has 2 aromatic carbocycles. The molecule has 0 saturated carbocycles. The van der Waals surface area contributed by atoms with E-state index in [1.165, 1.54) is 46.8 Å². The highest BCUT2D eigenvalue weighted by molar-refractivity contribution is 7.89. The zero-order valence-corrected chi connectivity index (χ0v) is 18.9. The molecule has 162 valence electrons. The molecular weight excluding hydrogens is 434 g/mol. The van der Waals surface area contributed by atoms with Gasteiger partial charge in [-0.05, 0) is 43.0 Å². The van der Waals surface area contributed by atoms with Gasteiger partial charge in [0.15, 0.2) is 5.13 Å². The quantitative estimate of drug-likeness (QED) is 0.584. The van der Waals surface area contributed by atoms with Crippen molar-refractivity contribution < 1.29 is 17.9 Å². The number of fused-ring (bicyclic) bond motifs is 1. The predicted molar refractivity (Wildman–Crippen MR) is 120 cm³/mol. The average Bonchev–Trinajstić information content (AvgIpc) is 3.35. The standard InChI is InChI=1S/C22H23N3O4S2/c1-25(14-15-7-4-3-5-8-15)31(27,28)20-13-16(11-12-18(20)29-2)21(26)24-22-23-17-9-6-10-19(17)30-22/h3-5,7-8,11-13H,6,9-10,14H2,1-2H3,(H,23,24,26). The molecule has 0 unspecified atom stereocenters. The normalized spacial score (nSPS) is 13.3. The van der Waals surface area contributed by atoms with Gasteiger partial charge in [-0.3, -0.25) is 10.1 Å². The maximum absolute atomic E-state index is 13.2. The van der Waals surface area contributed by atoms with Crippen molar-refractivity contribution >= 4 is 32.4 Å². The predicted octanol–water partition coefficient (Wildman–Crippen LogP) is 3.71. The van der Waals surface area contributed by atoms with Crippen molar-refractivity contribution in [3.05, 3.63) is 70.2 Å². The van der Waals surface area contributed by atoms with Crippen LogP contribution in [0.3, 0.4) is 0 Å². The summed E-state index contributed by atoms with van der Waals surface area (Å²) in [4.78, 5) is 18.4. The van der Waals surface area contributed by atoms with Crippen LogP contribution in [-0.4, -0.2) is 37.8 Å². The molecule has 1 aliphatic carbocycles. The summed E-state index contributed by atoms with van der Waals surface area (Å²) < 4.78 is 33.0. The molecule has 7 nitrogen and oxygen atoms in total. The summed E-state index contributed by atoms with van der Waals surface area (Å²) in [6, 6.07) is 13.7. The van der Waals surface area contributed by atoms with Crippen molar-refractivity contribution in [2.45, 2.75) is 30.7 Å². The number of hydrogen-bond acceptors (Lipinski definition) is 6. The highest BCUT2D eigenvalue weighted by Crippen LogP contribution is 2.32. The molecule has 0 saturated heterocycles. The third kappa shape index (κ3) is 4.48. The van der Waals surface area contributed by atoms with Crippen LogP contribution in [0.25, 0.3) is 0 Å². The summed E-state index contributed by atoms with van der Waals surface area (Å²) >= 11 is 1.47. The lowest BCUT2D eigenvalue weighted by molar-refractivity contribution is 0.102. The number of aromatic nitrogens is 1. The van der Waals surface area contributed by atoms with Crippen LogP contribution in [0.15, 0.2) is 53.4 Å². The van der Waals surface area contributed by atoms with Gasteiger partial charge in [-0.15, -0.1) is 11.3 Å². The van der Waals surface area contributed by atoms with Crippen molar-refractivity contribution in [2.24, 2.45) is 0 Å². The number of amides is 1. The maximum Gasteiger partial charge on any atom is 0.257 e. The summed E-state index contributed by atoms with van der Waals surface area (Å²) in [7, 11) is -0.980. The SMILES string of the molecule is COc1ccc(C(=O)Nc2nc3c(s2)CCC3)cc1S(=O)(=O)N(C)Cc1ccccc1. The number of thiazole rings is 1. The minimum atomic E-state index is -3.89. The van der Waals surface area contributed by atoms with Crippen LogP contribution in [0, 0.1) is 0 Å². The Kier molecular flexibility index (Phi) is 6.08. The number of carbonyl (C=O) groups excluding carboxylic acids is 1. The zero-order chi connectivity index (χ0) is 22.0. The topological polar surface area (TPSA) is 88.6 Å². The second-order valence-corrected chi connectivity index (χ2v) is 10.4. The van der Waals surface area contributed by atoms with Crippen molar-refractivity contribution in [1.29, 1.82) is 0 Å². The summed E-state index contributed by atoms with van der Waals surface area (Å²) in [5.74, 6) is -0.220. The van der Waals surface area contributed by atoms with Crippen LogP contribution in [-0.2, 0) is 29.4 Å². The highest BCUT2D eigenvalue weighted by atomic mass is 32.2. The average molecular weight is 458 g/mol. The fourth-order valence-corrected chi connectivity index (χ4v) is 5.91. The summed E-state index contributed by atoms with van der Waals surface area (Å²) in [5.41, 5.74) is 2.13. The first-order valence-corrected chi connectivity index (χ1v) is 12.1. The number of rotatable bonds is 7. The van der Waals surface area contributed by atoms with E-state index in [4.69, 9.17) is 4.74 Å². The Balaban J connectivity index is 1.59. The van der Waals surface area contributed by atoms with Crippen molar-refractivity contribution in [2.75, 3.05) is 19.5 Å². The lowest BCUT2D eigenvalue weighted by atomic mass is 10.2. The van der Waals surface area contributed by atoms with Gasteiger partial charge >= 0.3 is 0 Å². The molecule has 1 aliphatic rings. The molecule has 0 spiro atoms. The maximum atomic E-state index is 13.2. The van der Waals surface area contributed by atoms with Crippen molar-refractivity contribution in [3.63, 3.8) is 0 Å². The van der Waals surface area contributed by atoms with Crippen LogP contribution in [0.2, 0.25) is 0 Å². The van der Waals surface area contributed by atoms with Gasteiger partial charge < -0.3 is 4.74 Å². The number of ether oxygens (including phenoxy) is 1. The van der Waals surface area contributed by atoms with E-state index < -0.39 is 15.9 Å². The number of aryl methyl sites for hydroxylation is 2. The van der Waals surface area contributed by atoms with Gasteiger partial charge in [-0.2, -0.15) is 4.31 Å². The van der Waals surface area contributed by atoms with E-state index in [2.05, 4.69) is 10.3 Å². The van der Waals surface area contributed by atoms with Crippen molar-refractivity contribution in [3.8, 4) is 5.75 Å². The first-order chi connectivity index (χ1) is 14.9. The van der Waals surface area contributed by atoms with Crippen LogP contribution in [0.4, 0.5) is 5.13 Å². The molecule has 1 heterocycles. The molecule has 1 amide bonds. The second kappa shape index (κ2) is 8.78. The first kappa shape index (κ1) is 21.5. The van der Waals surface area contributed by atoms with E-state index in [1.54, 1.807) is 6.07 Å². The first-order valence-electron chi connectivity index (χ1n) is 9.86. The Morgan fingerprint density at radius 3 is 2.68 bits per heavy atom. The Hall–Kier alpha value is -2.75. The summed E-state index contributed by atoms with van der Waals surface area (Å²) in [6.07, 6.45) is 3.01. The van der Waals surface area contributed by atoms with Gasteiger partial charge in [-0.1, -0.05) is 30.3 Å². The molecule has 3 aromatic rings. The Labute approximate surface area is 185 Å². The minimum absolute atomic E-state index is 0.0530. The number of hydrogen-bond donors (Lipinski definition) is 1. The van der Waals surface area contributed by atoms with E-state index in [0.717, 1.165) is 30.5 Å². The Morgan fingerprint density at radius 2 is 1.97 bits per heavy atom. The van der Waals surface area contributed by atoms with Gasteiger partial charge in [0.25, 0.3) is 5.91 Å². The van der Waals surface area contributed by atoms with Crippen LogP contribution in [0.1, 0.15) is 32.9 Å². The molecule has 1 aromatic heterocycles. The number of anilines is 1. The van der Waals surface area contributed by atoms with Crippen molar-refractivity contribution in [1.82, 2.24) is 9.29 Å². The Morgan fingerprint density at radius 1 is 1.19 bits per heavy atom. The number of sulfonamides is 1. The third-order valence-corrected chi connectivity index (χ3v) is 8.08. The molecule has 0 radical (unpaired) electrons. The monoisotopic (exact) mass is 457 g/mol. The molecular formula is C22H23N3O4S2. The molecule has 0 aliphatic heterocycles. The lowest BCUT2D eigenvalue weighted by Crippen LogP contribution is -2.27. The Bertz CT molecular complexity index is 1190. The van der Waals surface area contributed by atoms with Gasteiger partial charge in [0, 0.05) is 24.0 Å². The van der Waals surface area contributed by atoms with Crippen LogP contribution < -0.4 is 10.1 Å². The smallest absolute Gasteiger partial charge is 0.257 e. The zero-order valence-electron chi connectivity index (χ0n) is 17.3. The number of nitrogens with one attached hydrogen (secondary N) is 1. The molecule has 0 fully saturated rings. The van der Waals surface area contributed by atoms with Crippen LogP contribution in [0.5, 0.6) is 5.75 Å². The number of methoxy groups -OCH3 is 1. The fourth-order valence-electron chi connectivity index (χ4n) is 3.53. The molecule has 4 rings (SSSR count). The fraction of sp³-hybridized carbons (Fsp3) is 0.273. The molecule has 31 heavy (non-hydrogen) atoms. The minimum Gasteiger partial charge on any atom is -0.495 e. The van der Waals surface area contributed by atoms with E-state index in [-0.39, 0.29) is 22.8 Å². The van der Waals surface area contributed by atoms with Crippen LogP contribution >= 0.6 is 11.3 Å². The van der Waals surface area contributed by atoms with E-state index in [1.807, 2.05) is 30.3 Å². The molecule has 0 atom stereocenters. The summed E-state index contributed by atoms with van der Waals surface area (Å²) in [6.45, 7) is 0.202.